The zero-order valence-electron chi connectivity index (χ0n) is 17.5. The summed E-state index contributed by atoms with van der Waals surface area (Å²) in [5.74, 6) is 1.72. The first-order valence-corrected chi connectivity index (χ1v) is 10.5. The Morgan fingerprint density at radius 2 is 1.90 bits per heavy atom. The molecule has 158 valence electrons. The molecule has 8 nitrogen and oxygen atoms in total. The number of amides is 1. The van der Waals surface area contributed by atoms with Crippen LogP contribution < -0.4 is 4.90 Å². The van der Waals surface area contributed by atoms with E-state index in [0.717, 1.165) is 43.3 Å². The van der Waals surface area contributed by atoms with E-state index in [4.69, 9.17) is 11.6 Å². The summed E-state index contributed by atoms with van der Waals surface area (Å²) in [5.41, 5.74) is 1.99. The Morgan fingerprint density at radius 1 is 1.20 bits per heavy atom. The highest BCUT2D eigenvalue weighted by Gasteiger charge is 2.24. The summed E-state index contributed by atoms with van der Waals surface area (Å²) in [7, 11) is 1.86. The van der Waals surface area contributed by atoms with Gasteiger partial charge in [-0.2, -0.15) is 14.6 Å². The SMILES string of the molecule is Cc1cc(N2CCN(CC(=O)N(C)C(C)c3ccc(Cl)cc3)CC2)n2ncnc2n1. The van der Waals surface area contributed by atoms with Gasteiger partial charge in [0.1, 0.15) is 12.1 Å². The number of piperazine rings is 1. The molecule has 0 N–H and O–H groups in total. The van der Waals surface area contributed by atoms with Crippen LogP contribution in [0.25, 0.3) is 5.78 Å². The van der Waals surface area contributed by atoms with Gasteiger partial charge in [-0.3, -0.25) is 9.69 Å². The molecule has 2 aromatic heterocycles. The van der Waals surface area contributed by atoms with Crippen LogP contribution in [0.5, 0.6) is 0 Å². The molecule has 1 aliphatic heterocycles. The highest BCUT2D eigenvalue weighted by Crippen LogP contribution is 2.22. The summed E-state index contributed by atoms with van der Waals surface area (Å²) in [6.45, 7) is 7.68. The number of nitrogens with zero attached hydrogens (tertiary/aromatic N) is 7. The van der Waals surface area contributed by atoms with Crippen LogP contribution in [0.1, 0.15) is 24.2 Å². The normalized spacial score (nSPS) is 16.1. The largest absolute Gasteiger partial charge is 0.354 e. The second-order valence-electron chi connectivity index (χ2n) is 7.72. The number of hydrogen-bond donors (Lipinski definition) is 0. The number of carbonyl (C=O) groups excluding carboxylic acids is 1. The Balaban J connectivity index is 1.35. The molecule has 30 heavy (non-hydrogen) atoms. The first kappa shape index (κ1) is 20.6. The predicted molar refractivity (Wildman–Crippen MR) is 117 cm³/mol. The molecular formula is C21H26ClN7O. The second-order valence-corrected chi connectivity index (χ2v) is 8.16. The molecule has 9 heteroatoms. The van der Waals surface area contributed by atoms with Crippen molar-refractivity contribution in [2.24, 2.45) is 0 Å². The molecule has 0 bridgehead atoms. The highest BCUT2D eigenvalue weighted by atomic mass is 35.5. The van der Waals surface area contributed by atoms with Gasteiger partial charge in [-0.15, -0.1) is 0 Å². The number of halogens is 1. The van der Waals surface area contributed by atoms with Crippen molar-refractivity contribution < 1.29 is 4.79 Å². The molecule has 1 saturated heterocycles. The lowest BCUT2D eigenvalue weighted by Crippen LogP contribution is -2.50. The number of rotatable bonds is 5. The Hall–Kier alpha value is -2.71. The average Bonchev–Trinajstić information content (AvgIpc) is 3.21. The van der Waals surface area contributed by atoms with Crippen molar-refractivity contribution >= 4 is 29.1 Å². The maximum atomic E-state index is 12.8. The van der Waals surface area contributed by atoms with Crippen LogP contribution >= 0.6 is 11.6 Å². The van der Waals surface area contributed by atoms with E-state index in [1.54, 1.807) is 9.42 Å². The number of carbonyl (C=O) groups is 1. The fraction of sp³-hybridized carbons (Fsp3) is 0.429. The van der Waals surface area contributed by atoms with Gasteiger partial charge < -0.3 is 9.80 Å². The van der Waals surface area contributed by atoms with Gasteiger partial charge in [-0.1, -0.05) is 23.7 Å². The number of hydrogen-bond acceptors (Lipinski definition) is 6. The first-order valence-electron chi connectivity index (χ1n) is 10.1. The molecule has 1 amide bonds. The van der Waals surface area contributed by atoms with Gasteiger partial charge in [0, 0.05) is 50.0 Å². The van der Waals surface area contributed by atoms with E-state index in [9.17, 15) is 4.79 Å². The van der Waals surface area contributed by atoms with Crippen molar-refractivity contribution in [2.45, 2.75) is 19.9 Å². The molecule has 1 atom stereocenters. The molecule has 0 aliphatic carbocycles. The van der Waals surface area contributed by atoms with Gasteiger partial charge in [0.2, 0.25) is 5.91 Å². The summed E-state index contributed by atoms with van der Waals surface area (Å²) in [5, 5.41) is 5.00. The molecule has 3 heterocycles. The van der Waals surface area contributed by atoms with E-state index in [0.29, 0.717) is 17.3 Å². The van der Waals surface area contributed by atoms with E-state index >= 15 is 0 Å². The quantitative estimate of drug-likeness (QED) is 0.622. The van der Waals surface area contributed by atoms with Crippen LogP contribution in [-0.2, 0) is 4.79 Å². The molecule has 1 aromatic carbocycles. The number of benzene rings is 1. The fourth-order valence-corrected chi connectivity index (χ4v) is 3.88. The van der Waals surface area contributed by atoms with Crippen LogP contribution in [0.2, 0.25) is 5.02 Å². The number of likely N-dealkylation sites (N-methyl/N-ethyl adjacent to an activating group) is 1. The van der Waals surface area contributed by atoms with Crippen LogP contribution in [-0.4, -0.2) is 75.1 Å². The van der Waals surface area contributed by atoms with Crippen molar-refractivity contribution in [3.63, 3.8) is 0 Å². The average molecular weight is 428 g/mol. The van der Waals surface area contributed by atoms with Crippen LogP contribution in [0, 0.1) is 6.92 Å². The number of aromatic nitrogens is 4. The van der Waals surface area contributed by atoms with E-state index in [-0.39, 0.29) is 11.9 Å². The lowest BCUT2D eigenvalue weighted by atomic mass is 10.1. The molecule has 1 aliphatic rings. The molecule has 1 fully saturated rings. The van der Waals surface area contributed by atoms with E-state index in [2.05, 4.69) is 24.9 Å². The Morgan fingerprint density at radius 3 is 2.60 bits per heavy atom. The van der Waals surface area contributed by atoms with Crippen molar-refractivity contribution in [2.75, 3.05) is 44.7 Å². The topological polar surface area (TPSA) is 69.9 Å². The van der Waals surface area contributed by atoms with Crippen molar-refractivity contribution in [3.8, 4) is 0 Å². The lowest BCUT2D eigenvalue weighted by molar-refractivity contribution is -0.133. The van der Waals surface area contributed by atoms with Gasteiger partial charge in [0.25, 0.3) is 5.78 Å². The molecule has 4 rings (SSSR count). The molecule has 0 spiro atoms. The third-order valence-corrected chi connectivity index (χ3v) is 5.99. The maximum absolute atomic E-state index is 12.8. The van der Waals surface area contributed by atoms with Gasteiger partial charge in [0.05, 0.1) is 12.6 Å². The van der Waals surface area contributed by atoms with Crippen molar-refractivity contribution in [3.05, 3.63) is 52.9 Å². The van der Waals surface area contributed by atoms with Crippen molar-refractivity contribution in [1.82, 2.24) is 29.4 Å². The van der Waals surface area contributed by atoms with Crippen LogP contribution in [0.15, 0.2) is 36.7 Å². The number of aryl methyl sites for hydroxylation is 1. The maximum Gasteiger partial charge on any atom is 0.254 e. The van der Waals surface area contributed by atoms with Gasteiger partial charge in [-0.25, -0.2) is 4.98 Å². The monoisotopic (exact) mass is 427 g/mol. The summed E-state index contributed by atoms with van der Waals surface area (Å²) in [4.78, 5) is 27.7. The minimum Gasteiger partial charge on any atom is -0.354 e. The first-order chi connectivity index (χ1) is 14.4. The smallest absolute Gasteiger partial charge is 0.254 e. The van der Waals surface area contributed by atoms with Gasteiger partial charge in [-0.05, 0) is 31.5 Å². The fourth-order valence-electron chi connectivity index (χ4n) is 3.76. The summed E-state index contributed by atoms with van der Waals surface area (Å²) >= 11 is 5.97. The highest BCUT2D eigenvalue weighted by molar-refractivity contribution is 6.30. The molecule has 0 radical (unpaired) electrons. The standard InChI is InChI=1S/C21H26ClN7O/c1-15-12-19(29-21(25-15)23-14-24-29)28-10-8-27(9-11-28)13-20(30)26(3)16(2)17-4-6-18(22)7-5-17/h4-7,12,14,16H,8-11,13H2,1-3H3. The third kappa shape index (κ3) is 4.24. The Bertz CT molecular complexity index is 1030. The van der Waals surface area contributed by atoms with E-state index in [1.807, 2.05) is 51.2 Å². The molecular weight excluding hydrogens is 402 g/mol. The Kier molecular flexibility index (Phi) is 5.87. The predicted octanol–water partition coefficient (Wildman–Crippen LogP) is 2.43. The summed E-state index contributed by atoms with van der Waals surface area (Å²) < 4.78 is 1.77. The van der Waals surface area contributed by atoms with E-state index < -0.39 is 0 Å². The summed E-state index contributed by atoms with van der Waals surface area (Å²) in [6, 6.07) is 9.69. The molecule has 3 aromatic rings. The van der Waals surface area contributed by atoms with Crippen molar-refractivity contribution in [1.29, 1.82) is 0 Å². The zero-order valence-corrected chi connectivity index (χ0v) is 18.2. The van der Waals surface area contributed by atoms with Crippen LogP contribution in [0.4, 0.5) is 5.82 Å². The second kappa shape index (κ2) is 8.57. The van der Waals surface area contributed by atoms with Gasteiger partial charge >= 0.3 is 0 Å². The molecule has 0 saturated carbocycles. The minimum atomic E-state index is -0.00329. The van der Waals surface area contributed by atoms with Gasteiger partial charge in [0.15, 0.2) is 0 Å². The Labute approximate surface area is 181 Å². The lowest BCUT2D eigenvalue weighted by Gasteiger charge is -2.36. The minimum absolute atomic E-state index is 0.00329. The van der Waals surface area contributed by atoms with E-state index in [1.165, 1.54) is 6.33 Å². The zero-order chi connectivity index (χ0) is 21.3. The number of anilines is 1. The third-order valence-electron chi connectivity index (χ3n) is 5.74. The summed E-state index contributed by atoms with van der Waals surface area (Å²) in [6.07, 6.45) is 1.53. The van der Waals surface area contributed by atoms with Crippen LogP contribution in [0.3, 0.4) is 0 Å². The molecule has 1 unspecified atom stereocenters. The number of fused-ring (bicyclic) bond motifs is 1.